The Morgan fingerprint density at radius 1 is 1.30 bits per heavy atom. The molecule has 0 amide bonds. The molecule has 2 heterocycles. The first kappa shape index (κ1) is 30.8. The van der Waals surface area contributed by atoms with Crippen molar-refractivity contribution in [1.29, 1.82) is 0 Å². The van der Waals surface area contributed by atoms with Gasteiger partial charge in [0.2, 0.25) is 6.23 Å². The first-order chi connectivity index (χ1) is 17.3. The van der Waals surface area contributed by atoms with E-state index in [1.807, 2.05) is 13.8 Å². The van der Waals surface area contributed by atoms with Crippen LogP contribution in [0, 0.1) is 5.92 Å². The molecular weight excluding hydrogens is 521 g/mol. The van der Waals surface area contributed by atoms with Crippen LogP contribution in [0.1, 0.15) is 46.8 Å². The van der Waals surface area contributed by atoms with Gasteiger partial charge in [-0.05, 0) is 32.3 Å². The lowest BCUT2D eigenvalue weighted by Gasteiger charge is -2.25. The van der Waals surface area contributed by atoms with E-state index < -0.39 is 69.3 Å². The number of anilines is 1. The number of nitrogens with zero attached hydrogens (tertiary/aromatic N) is 2. The number of nitrogen functional groups attached to an aromatic ring is 1. The molecule has 1 unspecified atom stereocenters. The number of hydrogen-bond acceptors (Lipinski definition) is 11. The van der Waals surface area contributed by atoms with Crippen molar-refractivity contribution in [2.45, 2.75) is 64.8 Å². The lowest BCUT2D eigenvalue weighted by atomic mass is 10.1. The maximum absolute atomic E-state index is 14.7. The summed E-state index contributed by atoms with van der Waals surface area (Å²) in [7, 11) is -4.46. The molecule has 1 aliphatic rings. The van der Waals surface area contributed by atoms with E-state index in [9.17, 15) is 27.7 Å². The molecule has 0 aliphatic carbocycles. The number of alkyl halides is 2. The summed E-state index contributed by atoms with van der Waals surface area (Å²) in [5.74, 6) is -5.30. The lowest BCUT2D eigenvalue weighted by Crippen LogP contribution is -2.39. The fourth-order valence-electron chi connectivity index (χ4n) is 3.45. The van der Waals surface area contributed by atoms with Gasteiger partial charge in [0.25, 0.3) is 5.92 Å². The molecule has 1 aromatic rings. The van der Waals surface area contributed by atoms with Crippen molar-refractivity contribution in [2.24, 2.45) is 5.92 Å². The molecule has 3 N–H and O–H groups in total. The molecule has 4 atom stereocenters. The van der Waals surface area contributed by atoms with Gasteiger partial charge >= 0.3 is 25.4 Å². The molecule has 1 saturated heterocycles. The van der Waals surface area contributed by atoms with Crippen molar-refractivity contribution in [3.05, 3.63) is 22.7 Å². The highest BCUT2D eigenvalue weighted by Crippen LogP contribution is 2.48. The quantitative estimate of drug-likeness (QED) is 0.254. The summed E-state index contributed by atoms with van der Waals surface area (Å²) in [6, 6.07) is 0.0158. The van der Waals surface area contributed by atoms with Gasteiger partial charge in [-0.25, -0.2) is 28.0 Å². The fourth-order valence-corrected chi connectivity index (χ4v) is 4.90. The zero-order chi connectivity index (χ0) is 27.8. The van der Waals surface area contributed by atoms with E-state index in [2.05, 4.69) is 10.1 Å². The molecular formula is C21H33F2N4O9P. The Kier molecular flexibility index (Phi) is 11.1. The van der Waals surface area contributed by atoms with Crippen molar-refractivity contribution < 1.29 is 46.2 Å². The summed E-state index contributed by atoms with van der Waals surface area (Å²) >= 11 is 0. The second-order valence-corrected chi connectivity index (χ2v) is 10.3. The summed E-state index contributed by atoms with van der Waals surface area (Å²) in [5, 5.41) is 2.45. The van der Waals surface area contributed by atoms with E-state index >= 15 is 0 Å². The zero-order valence-corrected chi connectivity index (χ0v) is 22.0. The highest BCUT2D eigenvalue weighted by molar-refractivity contribution is 7.51. The van der Waals surface area contributed by atoms with Crippen LogP contribution in [0.5, 0.6) is 0 Å². The molecule has 13 nitrogen and oxygen atoms in total. The predicted octanol–water partition coefficient (Wildman–Crippen LogP) is 2.02. The average Bonchev–Trinajstić information content (AvgIpc) is 3.10. The molecule has 210 valence electrons. The minimum Gasteiger partial charge on any atom is -0.465 e. The van der Waals surface area contributed by atoms with Crippen LogP contribution < -0.4 is 16.5 Å². The van der Waals surface area contributed by atoms with Gasteiger partial charge in [-0.1, -0.05) is 13.8 Å². The Bertz CT molecular complexity index is 1040. The van der Waals surface area contributed by atoms with Gasteiger partial charge in [0.1, 0.15) is 11.9 Å². The van der Waals surface area contributed by atoms with Gasteiger partial charge in [-0.15, -0.1) is 0 Å². The largest absolute Gasteiger partial charge is 0.465 e. The summed E-state index contributed by atoms with van der Waals surface area (Å²) in [5.41, 5.74) is 4.37. The topological polar surface area (TPSA) is 170 Å². The number of aromatic nitrogens is 2. The second-order valence-electron chi connectivity index (χ2n) is 8.55. The molecule has 2 rings (SSSR count). The van der Waals surface area contributed by atoms with Crippen molar-refractivity contribution in [2.75, 3.05) is 32.2 Å². The monoisotopic (exact) mass is 554 g/mol. The van der Waals surface area contributed by atoms with E-state index in [1.165, 1.54) is 0 Å². The average molecular weight is 554 g/mol. The Labute approximate surface area is 212 Å². The number of nitrogens with one attached hydrogen (secondary N) is 1. The van der Waals surface area contributed by atoms with Gasteiger partial charge in [-0.2, -0.15) is 4.98 Å². The normalized spacial score (nSPS) is 21.4. The minimum absolute atomic E-state index is 0.0331. The number of carbonyl (C=O) groups excluding carboxylic acids is 2. The Morgan fingerprint density at radius 3 is 2.57 bits per heavy atom. The zero-order valence-electron chi connectivity index (χ0n) is 21.1. The van der Waals surface area contributed by atoms with E-state index in [4.69, 9.17) is 29.0 Å². The first-order valence-corrected chi connectivity index (χ1v) is 13.2. The van der Waals surface area contributed by atoms with Crippen LogP contribution in [0.25, 0.3) is 0 Å². The van der Waals surface area contributed by atoms with Crippen molar-refractivity contribution in [1.82, 2.24) is 14.6 Å². The van der Waals surface area contributed by atoms with E-state index in [-0.39, 0.29) is 31.4 Å². The third-order valence-electron chi connectivity index (χ3n) is 4.97. The first-order valence-electron chi connectivity index (χ1n) is 11.7. The minimum atomic E-state index is -4.46. The summed E-state index contributed by atoms with van der Waals surface area (Å²) in [6.07, 6.45) is -3.04. The molecule has 37 heavy (non-hydrogen) atoms. The SMILES string of the molecule is CCOC(=O)COP(=O)(N[C@@H](CC(C)C)C(=O)OCC)OC[C@@H]1CC(F)(F)[C@H](n2ccc(N)nc2=O)O1. The van der Waals surface area contributed by atoms with Crippen LogP contribution >= 0.6 is 7.75 Å². The fraction of sp³-hybridized carbons (Fsp3) is 0.714. The van der Waals surface area contributed by atoms with Gasteiger partial charge in [0.15, 0.2) is 6.61 Å². The van der Waals surface area contributed by atoms with Crippen LogP contribution in [-0.4, -0.2) is 66.0 Å². The Morgan fingerprint density at radius 2 is 1.97 bits per heavy atom. The summed E-state index contributed by atoms with van der Waals surface area (Å²) in [4.78, 5) is 39.6. The van der Waals surface area contributed by atoms with Crippen molar-refractivity contribution in [3.8, 4) is 0 Å². The molecule has 1 fully saturated rings. The standard InChI is InChI=1S/C21H33F2N4O9P/c1-5-32-17(28)12-35-37(31,26-15(9-13(3)4)18(29)33-6-2)34-11-14-10-21(22,23)19(36-14)27-8-7-16(24)25-20(27)30/h7-8,13-15,19H,5-6,9-12H2,1-4H3,(H,26,31)(H2,24,25,30)/t14-,15-,19+,37?/m0/s1. The number of esters is 2. The van der Waals surface area contributed by atoms with Gasteiger partial charge < -0.3 is 19.9 Å². The van der Waals surface area contributed by atoms with Crippen LogP contribution in [-0.2, 0) is 37.4 Å². The second kappa shape index (κ2) is 13.4. The maximum Gasteiger partial charge on any atom is 0.406 e. The van der Waals surface area contributed by atoms with Gasteiger partial charge in [0.05, 0.1) is 25.9 Å². The third-order valence-corrected chi connectivity index (χ3v) is 6.55. The van der Waals surface area contributed by atoms with Crippen LogP contribution in [0.15, 0.2) is 17.1 Å². The molecule has 1 aliphatic heterocycles. The third kappa shape index (κ3) is 9.11. The van der Waals surface area contributed by atoms with Crippen molar-refractivity contribution >= 4 is 25.5 Å². The molecule has 0 aromatic carbocycles. The molecule has 0 spiro atoms. The van der Waals surface area contributed by atoms with Crippen LogP contribution in [0.4, 0.5) is 14.6 Å². The van der Waals surface area contributed by atoms with Gasteiger partial charge in [0, 0.05) is 12.6 Å². The molecule has 0 saturated carbocycles. The number of ether oxygens (including phenoxy) is 3. The molecule has 16 heteroatoms. The Balaban J connectivity index is 2.20. The number of halogens is 2. The summed E-state index contributed by atoms with van der Waals surface area (Å²) in [6.45, 7) is 5.36. The van der Waals surface area contributed by atoms with E-state index in [0.29, 0.717) is 4.57 Å². The van der Waals surface area contributed by atoms with Gasteiger partial charge in [-0.3, -0.25) is 18.4 Å². The predicted molar refractivity (Wildman–Crippen MR) is 126 cm³/mol. The van der Waals surface area contributed by atoms with E-state index in [0.717, 1.165) is 12.3 Å². The van der Waals surface area contributed by atoms with Crippen molar-refractivity contribution in [3.63, 3.8) is 0 Å². The highest BCUT2D eigenvalue weighted by Gasteiger charge is 2.52. The van der Waals surface area contributed by atoms with E-state index in [1.54, 1.807) is 13.8 Å². The molecule has 0 bridgehead atoms. The Hall–Kier alpha value is -2.45. The smallest absolute Gasteiger partial charge is 0.406 e. The highest BCUT2D eigenvalue weighted by atomic mass is 31.2. The maximum atomic E-state index is 14.7. The lowest BCUT2D eigenvalue weighted by molar-refractivity contribution is -0.146. The number of hydrogen-bond donors (Lipinski definition) is 2. The molecule has 1 aromatic heterocycles. The van der Waals surface area contributed by atoms with Crippen LogP contribution in [0.2, 0.25) is 0 Å². The number of carbonyl (C=O) groups is 2. The number of nitrogens with two attached hydrogens (primary N) is 1. The number of rotatable bonds is 14. The van der Waals surface area contributed by atoms with Crippen LogP contribution in [0.3, 0.4) is 0 Å². The summed E-state index contributed by atoms with van der Waals surface area (Å²) < 4.78 is 69.0. The molecule has 0 radical (unpaired) electrons.